The Morgan fingerprint density at radius 3 is 2.84 bits per heavy atom. The SMILES string of the molecule is CC1CCC2(CN=C(N)N2C2CC2)c2ccccc21. The number of hydrogen-bond donors (Lipinski definition) is 1. The summed E-state index contributed by atoms with van der Waals surface area (Å²) in [5, 5.41) is 0. The summed E-state index contributed by atoms with van der Waals surface area (Å²) in [4.78, 5) is 7.04. The number of nitrogens with zero attached hydrogens (tertiary/aromatic N) is 2. The van der Waals surface area contributed by atoms with Crippen LogP contribution in [0.15, 0.2) is 29.3 Å². The highest BCUT2D eigenvalue weighted by atomic mass is 15.4. The van der Waals surface area contributed by atoms with E-state index in [4.69, 9.17) is 5.73 Å². The molecule has 1 aliphatic heterocycles. The normalized spacial score (nSPS) is 33.4. The van der Waals surface area contributed by atoms with E-state index in [0.29, 0.717) is 12.0 Å². The Labute approximate surface area is 114 Å². The van der Waals surface area contributed by atoms with Gasteiger partial charge in [-0.2, -0.15) is 0 Å². The minimum absolute atomic E-state index is 0.0638. The second kappa shape index (κ2) is 3.75. The molecule has 3 aliphatic rings. The van der Waals surface area contributed by atoms with Crippen LogP contribution in [0.3, 0.4) is 0 Å². The van der Waals surface area contributed by atoms with Crippen molar-refractivity contribution < 1.29 is 0 Å². The molecule has 1 aromatic rings. The molecule has 2 N–H and O–H groups in total. The molecule has 0 aromatic heterocycles. The molecule has 0 radical (unpaired) electrons. The monoisotopic (exact) mass is 255 g/mol. The van der Waals surface area contributed by atoms with Crippen molar-refractivity contribution in [3.8, 4) is 0 Å². The summed E-state index contributed by atoms with van der Waals surface area (Å²) in [5.41, 5.74) is 9.24. The van der Waals surface area contributed by atoms with Crippen molar-refractivity contribution in [1.82, 2.24) is 4.90 Å². The van der Waals surface area contributed by atoms with Gasteiger partial charge in [0.25, 0.3) is 0 Å². The van der Waals surface area contributed by atoms with Crippen LogP contribution in [0.25, 0.3) is 0 Å². The lowest BCUT2D eigenvalue weighted by atomic mass is 9.71. The van der Waals surface area contributed by atoms with E-state index in [9.17, 15) is 0 Å². The van der Waals surface area contributed by atoms with Gasteiger partial charge in [-0.25, -0.2) is 0 Å². The van der Waals surface area contributed by atoms with Crippen molar-refractivity contribution in [2.24, 2.45) is 10.7 Å². The van der Waals surface area contributed by atoms with Crippen molar-refractivity contribution in [3.63, 3.8) is 0 Å². The number of fused-ring (bicyclic) bond motifs is 2. The summed E-state index contributed by atoms with van der Waals surface area (Å²) in [6.07, 6.45) is 4.97. The first-order valence-corrected chi connectivity index (χ1v) is 7.41. The van der Waals surface area contributed by atoms with Crippen molar-refractivity contribution in [2.45, 2.75) is 50.1 Å². The van der Waals surface area contributed by atoms with Gasteiger partial charge in [-0.15, -0.1) is 0 Å². The van der Waals surface area contributed by atoms with Crippen LogP contribution in [-0.2, 0) is 5.54 Å². The zero-order chi connectivity index (χ0) is 13.0. The summed E-state index contributed by atoms with van der Waals surface area (Å²) in [5.74, 6) is 1.43. The minimum atomic E-state index is 0.0638. The molecule has 0 saturated heterocycles. The zero-order valence-electron chi connectivity index (χ0n) is 11.5. The molecule has 3 nitrogen and oxygen atoms in total. The Hall–Kier alpha value is -1.51. The first kappa shape index (κ1) is 11.3. The predicted molar refractivity (Wildman–Crippen MR) is 77.1 cm³/mol. The van der Waals surface area contributed by atoms with Crippen LogP contribution in [0.4, 0.5) is 0 Å². The fourth-order valence-electron chi connectivity index (χ4n) is 3.96. The van der Waals surface area contributed by atoms with Gasteiger partial charge in [0.2, 0.25) is 0 Å². The molecule has 3 heteroatoms. The molecule has 2 atom stereocenters. The highest BCUT2D eigenvalue weighted by Crippen LogP contribution is 2.50. The summed E-state index contributed by atoms with van der Waals surface area (Å²) in [6.45, 7) is 3.19. The zero-order valence-corrected chi connectivity index (χ0v) is 11.5. The van der Waals surface area contributed by atoms with Crippen LogP contribution >= 0.6 is 0 Å². The standard InChI is InChI=1S/C16H21N3/c1-11-8-9-16(14-5-3-2-4-13(11)14)10-18-15(17)19(16)12-6-7-12/h2-5,11-12H,6-10H2,1H3,(H2,17,18). The predicted octanol–water partition coefficient (Wildman–Crippen LogP) is 2.57. The lowest BCUT2D eigenvalue weighted by Gasteiger charge is -2.45. The maximum absolute atomic E-state index is 6.19. The highest BCUT2D eigenvalue weighted by Gasteiger charge is 2.52. The van der Waals surface area contributed by atoms with E-state index in [1.165, 1.54) is 36.8 Å². The van der Waals surface area contributed by atoms with Gasteiger partial charge in [-0.05, 0) is 42.7 Å². The summed E-state index contributed by atoms with van der Waals surface area (Å²) < 4.78 is 0. The average molecular weight is 255 g/mol. The maximum atomic E-state index is 6.19. The largest absolute Gasteiger partial charge is 0.370 e. The summed E-state index contributed by atoms with van der Waals surface area (Å²) in [7, 11) is 0. The van der Waals surface area contributed by atoms with Crippen LogP contribution in [0.2, 0.25) is 0 Å². The molecule has 1 aromatic carbocycles. The Morgan fingerprint density at radius 1 is 1.26 bits per heavy atom. The molecule has 0 bridgehead atoms. The van der Waals surface area contributed by atoms with Gasteiger partial charge < -0.3 is 10.6 Å². The number of nitrogens with two attached hydrogens (primary N) is 1. The first-order chi connectivity index (χ1) is 9.22. The molecule has 1 spiro atoms. The third-order valence-electron chi connectivity index (χ3n) is 5.11. The average Bonchev–Trinajstić information content (AvgIpc) is 3.20. The van der Waals surface area contributed by atoms with Gasteiger partial charge in [0.1, 0.15) is 0 Å². The molecule has 1 saturated carbocycles. The number of hydrogen-bond acceptors (Lipinski definition) is 3. The summed E-state index contributed by atoms with van der Waals surface area (Å²) in [6, 6.07) is 9.55. The first-order valence-electron chi connectivity index (χ1n) is 7.41. The molecule has 19 heavy (non-hydrogen) atoms. The van der Waals surface area contributed by atoms with E-state index in [1.54, 1.807) is 0 Å². The molecule has 1 heterocycles. The van der Waals surface area contributed by atoms with Gasteiger partial charge in [-0.3, -0.25) is 4.99 Å². The Balaban J connectivity index is 1.85. The van der Waals surface area contributed by atoms with E-state index in [-0.39, 0.29) is 5.54 Å². The molecule has 1 fully saturated rings. The van der Waals surface area contributed by atoms with E-state index < -0.39 is 0 Å². The van der Waals surface area contributed by atoms with Crippen LogP contribution in [0.5, 0.6) is 0 Å². The topological polar surface area (TPSA) is 41.6 Å². The second-order valence-electron chi connectivity index (χ2n) is 6.33. The Bertz CT molecular complexity index is 547. The van der Waals surface area contributed by atoms with Crippen molar-refractivity contribution >= 4 is 5.96 Å². The number of rotatable bonds is 1. The van der Waals surface area contributed by atoms with Crippen LogP contribution in [-0.4, -0.2) is 23.4 Å². The van der Waals surface area contributed by atoms with Crippen LogP contribution in [0, 0.1) is 0 Å². The molecule has 2 unspecified atom stereocenters. The van der Waals surface area contributed by atoms with Gasteiger partial charge >= 0.3 is 0 Å². The van der Waals surface area contributed by atoms with E-state index in [2.05, 4.69) is 41.1 Å². The number of guanidine groups is 1. The van der Waals surface area contributed by atoms with Crippen molar-refractivity contribution in [3.05, 3.63) is 35.4 Å². The molecule has 0 amide bonds. The van der Waals surface area contributed by atoms with E-state index in [1.807, 2.05) is 0 Å². The maximum Gasteiger partial charge on any atom is 0.192 e. The highest BCUT2D eigenvalue weighted by molar-refractivity contribution is 5.82. The lowest BCUT2D eigenvalue weighted by molar-refractivity contribution is 0.159. The smallest absolute Gasteiger partial charge is 0.192 e. The third-order valence-corrected chi connectivity index (χ3v) is 5.11. The Kier molecular flexibility index (Phi) is 2.23. The summed E-state index contributed by atoms with van der Waals surface area (Å²) >= 11 is 0. The van der Waals surface area contributed by atoms with E-state index in [0.717, 1.165) is 12.5 Å². The fraction of sp³-hybridized carbons (Fsp3) is 0.562. The van der Waals surface area contributed by atoms with Crippen molar-refractivity contribution in [2.75, 3.05) is 6.54 Å². The minimum Gasteiger partial charge on any atom is -0.370 e. The van der Waals surface area contributed by atoms with Gasteiger partial charge in [0.05, 0.1) is 12.1 Å². The fourth-order valence-corrected chi connectivity index (χ4v) is 3.96. The third kappa shape index (κ3) is 1.47. The molecular formula is C16H21N3. The van der Waals surface area contributed by atoms with Gasteiger partial charge in [0, 0.05) is 6.04 Å². The van der Waals surface area contributed by atoms with Crippen LogP contribution < -0.4 is 5.73 Å². The quantitative estimate of drug-likeness (QED) is 0.838. The molecule has 4 rings (SSSR count). The van der Waals surface area contributed by atoms with Gasteiger partial charge in [0.15, 0.2) is 5.96 Å². The van der Waals surface area contributed by atoms with Gasteiger partial charge in [-0.1, -0.05) is 31.2 Å². The van der Waals surface area contributed by atoms with Crippen LogP contribution in [0.1, 0.15) is 49.7 Å². The van der Waals surface area contributed by atoms with E-state index >= 15 is 0 Å². The van der Waals surface area contributed by atoms with Crippen molar-refractivity contribution in [1.29, 1.82) is 0 Å². The lowest BCUT2D eigenvalue weighted by Crippen LogP contribution is -2.52. The number of aliphatic imine (C=N–C) groups is 1. The number of benzene rings is 1. The molecular weight excluding hydrogens is 234 g/mol. The Morgan fingerprint density at radius 2 is 2.05 bits per heavy atom. The molecule has 100 valence electrons. The molecule has 2 aliphatic carbocycles. The second-order valence-corrected chi connectivity index (χ2v) is 6.33.